The van der Waals surface area contributed by atoms with E-state index in [0.29, 0.717) is 0 Å². The first-order valence-electron chi connectivity index (χ1n) is 6.17. The van der Waals surface area contributed by atoms with Crippen molar-refractivity contribution in [1.82, 2.24) is 4.98 Å². The Hall–Kier alpha value is -2.88. The summed E-state index contributed by atoms with van der Waals surface area (Å²) < 4.78 is 0. The highest BCUT2D eigenvalue weighted by Gasteiger charge is 2.05. The molecule has 4 heteroatoms. The number of rotatable bonds is 3. The molecule has 98 valence electrons. The number of hydrogen-bond donors (Lipinski definition) is 2. The van der Waals surface area contributed by atoms with Gasteiger partial charge in [-0.1, -0.05) is 18.2 Å². The van der Waals surface area contributed by atoms with E-state index in [0.717, 1.165) is 22.3 Å². The molecule has 3 rings (SSSR count). The lowest BCUT2D eigenvalue weighted by Crippen LogP contribution is -1.97. The molecule has 0 bridgehead atoms. The lowest BCUT2D eigenvalue weighted by atomic mass is 10.1. The van der Waals surface area contributed by atoms with Gasteiger partial charge in [-0.05, 0) is 36.4 Å². The third-order valence-electron chi connectivity index (χ3n) is 2.99. The highest BCUT2D eigenvalue weighted by Crippen LogP contribution is 2.21. The molecule has 1 aromatic heterocycles. The van der Waals surface area contributed by atoms with Crippen LogP contribution in [0.15, 0.2) is 60.8 Å². The fourth-order valence-corrected chi connectivity index (χ4v) is 2.01. The number of nitrogens with one attached hydrogen (secondary N) is 1. The molecular formula is C16H12N2O2. The second kappa shape index (κ2) is 5.01. The van der Waals surface area contributed by atoms with Crippen molar-refractivity contribution in [2.75, 3.05) is 5.32 Å². The second-order valence-electron chi connectivity index (χ2n) is 4.43. The molecule has 0 aliphatic carbocycles. The zero-order valence-corrected chi connectivity index (χ0v) is 10.6. The smallest absolute Gasteiger partial charge is 0.337 e. The Morgan fingerprint density at radius 3 is 2.55 bits per heavy atom. The Labute approximate surface area is 115 Å². The van der Waals surface area contributed by atoms with Crippen LogP contribution in [0.5, 0.6) is 0 Å². The van der Waals surface area contributed by atoms with E-state index in [1.54, 1.807) is 6.07 Å². The molecule has 3 aromatic rings. The van der Waals surface area contributed by atoms with Crippen LogP contribution >= 0.6 is 0 Å². The van der Waals surface area contributed by atoms with Gasteiger partial charge in [-0.2, -0.15) is 0 Å². The normalized spacial score (nSPS) is 10.4. The molecule has 20 heavy (non-hydrogen) atoms. The molecular weight excluding hydrogens is 252 g/mol. The summed E-state index contributed by atoms with van der Waals surface area (Å²) in [6, 6.07) is 17.1. The zero-order chi connectivity index (χ0) is 13.9. The number of nitrogens with zero attached hydrogens (tertiary/aromatic N) is 1. The largest absolute Gasteiger partial charge is 0.478 e. The Morgan fingerprint density at radius 1 is 1.00 bits per heavy atom. The number of carboxylic acid groups (broad SMARTS) is 1. The maximum atomic E-state index is 11.0. The standard InChI is InChI=1S/C16H12N2O2/c19-16(20)12-8-11-9-14(6-7-15(11)17-10-12)18-13-4-2-1-3-5-13/h1-10,18H,(H,19,20). The van der Waals surface area contributed by atoms with Crippen LogP contribution in [0.3, 0.4) is 0 Å². The minimum absolute atomic E-state index is 0.189. The average molecular weight is 264 g/mol. The highest BCUT2D eigenvalue weighted by atomic mass is 16.4. The molecule has 0 spiro atoms. The molecule has 0 aliphatic heterocycles. The van der Waals surface area contributed by atoms with Crippen LogP contribution in [0.4, 0.5) is 11.4 Å². The van der Waals surface area contributed by atoms with Crippen molar-refractivity contribution in [3.63, 3.8) is 0 Å². The van der Waals surface area contributed by atoms with Crippen molar-refractivity contribution >= 4 is 28.2 Å². The Kier molecular flexibility index (Phi) is 3.05. The number of carbonyl (C=O) groups is 1. The minimum atomic E-state index is -0.971. The summed E-state index contributed by atoms with van der Waals surface area (Å²) in [7, 11) is 0. The first-order chi connectivity index (χ1) is 9.72. The predicted octanol–water partition coefficient (Wildman–Crippen LogP) is 3.68. The number of carboxylic acids is 1. The number of aromatic carboxylic acids is 1. The van der Waals surface area contributed by atoms with Gasteiger partial charge in [0, 0.05) is 23.0 Å². The Morgan fingerprint density at radius 2 is 1.80 bits per heavy atom. The van der Waals surface area contributed by atoms with Crippen LogP contribution in [-0.4, -0.2) is 16.1 Å². The van der Waals surface area contributed by atoms with E-state index in [4.69, 9.17) is 5.11 Å². The fourth-order valence-electron chi connectivity index (χ4n) is 2.01. The minimum Gasteiger partial charge on any atom is -0.478 e. The molecule has 0 amide bonds. The van der Waals surface area contributed by atoms with Gasteiger partial charge in [0.25, 0.3) is 0 Å². The van der Waals surface area contributed by atoms with Crippen LogP contribution in [0.25, 0.3) is 10.9 Å². The Balaban J connectivity index is 1.99. The van der Waals surface area contributed by atoms with Gasteiger partial charge in [-0.15, -0.1) is 0 Å². The molecule has 1 heterocycles. The lowest BCUT2D eigenvalue weighted by Gasteiger charge is -2.07. The van der Waals surface area contributed by atoms with Crippen molar-refractivity contribution in [3.8, 4) is 0 Å². The van der Waals surface area contributed by atoms with Crippen LogP contribution in [0, 0.1) is 0 Å². The SMILES string of the molecule is O=C(O)c1cnc2ccc(Nc3ccccc3)cc2c1. The number of hydrogen-bond acceptors (Lipinski definition) is 3. The molecule has 0 saturated carbocycles. The highest BCUT2D eigenvalue weighted by molar-refractivity contribution is 5.93. The molecule has 0 atom stereocenters. The van der Waals surface area contributed by atoms with Crippen molar-refractivity contribution in [1.29, 1.82) is 0 Å². The van der Waals surface area contributed by atoms with Crippen LogP contribution in [0.1, 0.15) is 10.4 Å². The Bertz CT molecular complexity index is 770. The summed E-state index contributed by atoms with van der Waals surface area (Å²) in [5, 5.41) is 13.1. The van der Waals surface area contributed by atoms with Gasteiger partial charge in [-0.25, -0.2) is 4.79 Å². The summed E-state index contributed by atoms with van der Waals surface area (Å²) in [5.74, 6) is -0.971. The molecule has 2 aromatic carbocycles. The molecule has 0 fully saturated rings. The van der Waals surface area contributed by atoms with E-state index >= 15 is 0 Å². The summed E-state index contributed by atoms with van der Waals surface area (Å²) in [4.78, 5) is 15.1. The molecule has 0 unspecified atom stereocenters. The number of anilines is 2. The second-order valence-corrected chi connectivity index (χ2v) is 4.43. The van der Waals surface area contributed by atoms with E-state index in [1.165, 1.54) is 6.20 Å². The molecule has 2 N–H and O–H groups in total. The van der Waals surface area contributed by atoms with Crippen LogP contribution in [-0.2, 0) is 0 Å². The third-order valence-corrected chi connectivity index (χ3v) is 2.99. The number of para-hydroxylation sites is 1. The summed E-state index contributed by atoms with van der Waals surface area (Å²) >= 11 is 0. The quantitative estimate of drug-likeness (QED) is 0.757. The van der Waals surface area contributed by atoms with Crippen molar-refractivity contribution in [3.05, 3.63) is 66.4 Å². The van der Waals surface area contributed by atoms with E-state index in [2.05, 4.69) is 10.3 Å². The average Bonchev–Trinajstić information content (AvgIpc) is 2.47. The lowest BCUT2D eigenvalue weighted by molar-refractivity contribution is 0.0696. The number of fused-ring (bicyclic) bond motifs is 1. The van der Waals surface area contributed by atoms with Crippen molar-refractivity contribution < 1.29 is 9.90 Å². The maximum Gasteiger partial charge on any atom is 0.337 e. The van der Waals surface area contributed by atoms with E-state index < -0.39 is 5.97 Å². The van der Waals surface area contributed by atoms with E-state index in [9.17, 15) is 4.79 Å². The van der Waals surface area contributed by atoms with Gasteiger partial charge in [0.2, 0.25) is 0 Å². The van der Waals surface area contributed by atoms with Crippen LogP contribution < -0.4 is 5.32 Å². The molecule has 0 radical (unpaired) electrons. The van der Waals surface area contributed by atoms with Gasteiger partial charge in [0.1, 0.15) is 0 Å². The molecule has 4 nitrogen and oxygen atoms in total. The number of benzene rings is 2. The van der Waals surface area contributed by atoms with Gasteiger partial charge >= 0.3 is 5.97 Å². The van der Waals surface area contributed by atoms with Crippen molar-refractivity contribution in [2.45, 2.75) is 0 Å². The number of pyridine rings is 1. The maximum absolute atomic E-state index is 11.0. The predicted molar refractivity (Wildman–Crippen MR) is 78.4 cm³/mol. The summed E-state index contributed by atoms with van der Waals surface area (Å²) in [6.45, 7) is 0. The zero-order valence-electron chi connectivity index (χ0n) is 10.6. The molecule has 0 saturated heterocycles. The van der Waals surface area contributed by atoms with E-state index in [1.807, 2.05) is 48.5 Å². The van der Waals surface area contributed by atoms with Gasteiger partial charge < -0.3 is 10.4 Å². The first-order valence-corrected chi connectivity index (χ1v) is 6.17. The monoisotopic (exact) mass is 264 g/mol. The molecule has 0 aliphatic rings. The van der Waals surface area contributed by atoms with Crippen LogP contribution in [0.2, 0.25) is 0 Å². The topological polar surface area (TPSA) is 62.2 Å². The first kappa shape index (κ1) is 12.2. The van der Waals surface area contributed by atoms with Crippen molar-refractivity contribution in [2.24, 2.45) is 0 Å². The summed E-state index contributed by atoms with van der Waals surface area (Å²) in [5.41, 5.74) is 2.84. The van der Waals surface area contributed by atoms with Gasteiger partial charge in [-0.3, -0.25) is 4.98 Å². The third kappa shape index (κ3) is 2.44. The number of aromatic nitrogens is 1. The van der Waals surface area contributed by atoms with Gasteiger partial charge in [0.05, 0.1) is 11.1 Å². The summed E-state index contributed by atoms with van der Waals surface area (Å²) in [6.07, 6.45) is 1.37. The van der Waals surface area contributed by atoms with Gasteiger partial charge in [0.15, 0.2) is 0 Å². The van der Waals surface area contributed by atoms with E-state index in [-0.39, 0.29) is 5.56 Å². The fraction of sp³-hybridized carbons (Fsp3) is 0.